The van der Waals surface area contributed by atoms with Crippen molar-refractivity contribution in [2.75, 3.05) is 38.2 Å². The molecular weight excluding hydrogens is 451 g/mol. The van der Waals surface area contributed by atoms with Crippen molar-refractivity contribution >= 4 is 39.8 Å². The second-order valence-electron chi connectivity index (χ2n) is 7.28. The summed E-state index contributed by atoms with van der Waals surface area (Å²) in [7, 11) is -2.92. The number of likely N-dealkylation sites (tertiary alicyclic amines) is 1. The smallest absolute Gasteiger partial charge is 0.191 e. The molecule has 2 N–H and O–H groups in total. The molecule has 0 bridgehead atoms. The maximum atomic E-state index is 11.3. The Morgan fingerprint density at radius 3 is 2.56 bits per heavy atom. The highest BCUT2D eigenvalue weighted by atomic mass is 127. The van der Waals surface area contributed by atoms with E-state index >= 15 is 0 Å². The molecule has 0 aromatic carbocycles. The van der Waals surface area contributed by atoms with Gasteiger partial charge in [-0.1, -0.05) is 0 Å². The van der Waals surface area contributed by atoms with Crippen LogP contribution in [0.5, 0.6) is 0 Å². The Balaban J connectivity index is 0.00000576. The third-order valence-corrected chi connectivity index (χ3v) is 5.41. The summed E-state index contributed by atoms with van der Waals surface area (Å²) in [6.07, 6.45) is 4.35. The van der Waals surface area contributed by atoms with Gasteiger partial charge in [-0.15, -0.1) is 24.0 Å². The van der Waals surface area contributed by atoms with Gasteiger partial charge in [-0.05, 0) is 59.4 Å². The van der Waals surface area contributed by atoms with Gasteiger partial charge < -0.3 is 15.5 Å². The molecule has 0 aliphatic carbocycles. The molecule has 150 valence electrons. The van der Waals surface area contributed by atoms with Gasteiger partial charge in [0, 0.05) is 38.0 Å². The van der Waals surface area contributed by atoms with Gasteiger partial charge in [-0.2, -0.15) is 0 Å². The van der Waals surface area contributed by atoms with E-state index in [0.717, 1.165) is 25.6 Å². The molecule has 1 aliphatic rings. The number of nitrogens with zero attached hydrogens (tertiary/aromatic N) is 2. The minimum atomic E-state index is -2.92. The van der Waals surface area contributed by atoms with E-state index in [9.17, 15) is 8.42 Å². The van der Waals surface area contributed by atoms with E-state index in [4.69, 9.17) is 4.99 Å². The first kappa shape index (κ1) is 24.9. The van der Waals surface area contributed by atoms with Crippen LogP contribution in [0.4, 0.5) is 0 Å². The predicted molar refractivity (Wildman–Crippen MR) is 118 cm³/mol. The summed E-state index contributed by atoms with van der Waals surface area (Å²) in [5.41, 5.74) is 0. The fraction of sp³-hybridized carbons (Fsp3) is 0.941. The molecule has 1 rings (SSSR count). The Bertz CT molecular complexity index is 497. The second kappa shape index (κ2) is 12.3. The molecule has 1 heterocycles. The van der Waals surface area contributed by atoms with Gasteiger partial charge in [0.25, 0.3) is 0 Å². The van der Waals surface area contributed by atoms with Gasteiger partial charge in [-0.3, -0.25) is 4.99 Å². The van der Waals surface area contributed by atoms with E-state index < -0.39 is 9.84 Å². The normalized spacial score (nSPS) is 20.9. The Morgan fingerprint density at radius 1 is 1.32 bits per heavy atom. The van der Waals surface area contributed by atoms with Gasteiger partial charge in [0.15, 0.2) is 5.96 Å². The lowest BCUT2D eigenvalue weighted by molar-refractivity contribution is 0.143. The predicted octanol–water partition coefficient (Wildman–Crippen LogP) is 2.10. The van der Waals surface area contributed by atoms with E-state index in [0.29, 0.717) is 18.4 Å². The maximum Gasteiger partial charge on any atom is 0.191 e. The highest BCUT2D eigenvalue weighted by molar-refractivity contribution is 14.0. The van der Waals surface area contributed by atoms with E-state index in [-0.39, 0.29) is 35.8 Å². The summed E-state index contributed by atoms with van der Waals surface area (Å²) in [4.78, 5) is 7.26. The van der Waals surface area contributed by atoms with Crippen molar-refractivity contribution < 1.29 is 8.42 Å². The molecule has 1 saturated heterocycles. The standard InChI is InChI=1S/C17H36N4O2S.HI/c1-6-18-17(20-15(4)9-11-24(5,22)23)19-12-16-8-7-10-21(13-16)14(2)3;/h14-16H,6-13H2,1-5H3,(H2,18,19,20);1H. The summed E-state index contributed by atoms with van der Waals surface area (Å²) in [5.74, 6) is 1.59. The van der Waals surface area contributed by atoms with Gasteiger partial charge in [0.2, 0.25) is 0 Å². The molecule has 0 saturated carbocycles. The van der Waals surface area contributed by atoms with Crippen LogP contribution in [0.3, 0.4) is 0 Å². The lowest BCUT2D eigenvalue weighted by Gasteiger charge is -2.35. The van der Waals surface area contributed by atoms with Gasteiger partial charge >= 0.3 is 0 Å². The number of nitrogens with one attached hydrogen (secondary N) is 2. The Labute approximate surface area is 171 Å². The lowest BCUT2D eigenvalue weighted by Crippen LogP contribution is -2.44. The Morgan fingerprint density at radius 2 is 2.00 bits per heavy atom. The molecule has 1 fully saturated rings. The molecular formula is C17H37IN4O2S. The van der Waals surface area contributed by atoms with Crippen LogP contribution in [0.2, 0.25) is 0 Å². The van der Waals surface area contributed by atoms with E-state index in [1.54, 1.807) is 0 Å². The highest BCUT2D eigenvalue weighted by Gasteiger charge is 2.21. The number of aliphatic imine (C=N–C) groups is 1. The molecule has 0 radical (unpaired) electrons. The first-order valence-corrected chi connectivity index (χ1v) is 11.2. The van der Waals surface area contributed by atoms with Crippen LogP contribution >= 0.6 is 24.0 Å². The number of halogens is 1. The Hall–Kier alpha value is -0.0900. The molecule has 8 heteroatoms. The summed E-state index contributed by atoms with van der Waals surface area (Å²) >= 11 is 0. The average Bonchev–Trinajstić information content (AvgIpc) is 2.50. The number of hydrogen-bond acceptors (Lipinski definition) is 4. The van der Waals surface area contributed by atoms with E-state index in [2.05, 4.69) is 29.4 Å². The van der Waals surface area contributed by atoms with E-state index in [1.807, 2.05) is 13.8 Å². The fourth-order valence-corrected chi connectivity index (χ4v) is 3.73. The molecule has 2 unspecified atom stereocenters. The third kappa shape index (κ3) is 11.3. The van der Waals surface area contributed by atoms with Crippen LogP contribution < -0.4 is 10.6 Å². The SMILES string of the molecule is CCNC(=NCC1CCCN(C(C)C)C1)NC(C)CCS(C)(=O)=O.I. The lowest BCUT2D eigenvalue weighted by atomic mass is 9.97. The third-order valence-electron chi connectivity index (χ3n) is 4.44. The molecule has 2 atom stereocenters. The number of guanidine groups is 1. The van der Waals surface area contributed by atoms with Crippen molar-refractivity contribution in [1.82, 2.24) is 15.5 Å². The molecule has 0 amide bonds. The summed E-state index contributed by atoms with van der Waals surface area (Å²) in [6, 6.07) is 0.676. The molecule has 1 aliphatic heterocycles. The molecule has 0 aromatic heterocycles. The van der Waals surface area contributed by atoms with Crippen molar-refractivity contribution in [1.29, 1.82) is 0 Å². The van der Waals surface area contributed by atoms with Crippen LogP contribution in [0, 0.1) is 5.92 Å². The summed E-state index contributed by atoms with van der Waals surface area (Å²) < 4.78 is 22.6. The first-order chi connectivity index (χ1) is 11.2. The van der Waals surface area contributed by atoms with Crippen molar-refractivity contribution in [3.63, 3.8) is 0 Å². The molecule has 25 heavy (non-hydrogen) atoms. The van der Waals surface area contributed by atoms with Crippen molar-refractivity contribution in [3.05, 3.63) is 0 Å². The topological polar surface area (TPSA) is 73.8 Å². The van der Waals surface area contributed by atoms with Crippen LogP contribution in [-0.2, 0) is 9.84 Å². The van der Waals surface area contributed by atoms with Crippen molar-refractivity contribution in [3.8, 4) is 0 Å². The zero-order valence-corrected chi connectivity index (χ0v) is 19.6. The average molecular weight is 488 g/mol. The molecule has 0 spiro atoms. The van der Waals surface area contributed by atoms with E-state index in [1.165, 1.54) is 25.6 Å². The zero-order valence-electron chi connectivity index (χ0n) is 16.4. The number of rotatable bonds is 8. The number of sulfone groups is 1. The first-order valence-electron chi connectivity index (χ1n) is 9.18. The molecule has 0 aromatic rings. The van der Waals surface area contributed by atoms with Gasteiger partial charge in [0.05, 0.1) is 5.75 Å². The minimum Gasteiger partial charge on any atom is -0.357 e. The highest BCUT2D eigenvalue weighted by Crippen LogP contribution is 2.18. The summed E-state index contributed by atoms with van der Waals surface area (Å²) in [6.45, 7) is 12.5. The van der Waals surface area contributed by atoms with Crippen molar-refractivity contribution in [2.45, 2.75) is 59.0 Å². The zero-order chi connectivity index (χ0) is 18.2. The fourth-order valence-electron chi connectivity index (χ4n) is 2.95. The second-order valence-corrected chi connectivity index (χ2v) is 9.54. The Kier molecular flexibility index (Phi) is 12.3. The van der Waals surface area contributed by atoms with Crippen LogP contribution in [0.25, 0.3) is 0 Å². The quantitative estimate of drug-likeness (QED) is 0.311. The maximum absolute atomic E-state index is 11.3. The monoisotopic (exact) mass is 488 g/mol. The van der Waals surface area contributed by atoms with Crippen LogP contribution in [0.15, 0.2) is 4.99 Å². The number of piperidine rings is 1. The largest absolute Gasteiger partial charge is 0.357 e. The molecule has 6 nitrogen and oxygen atoms in total. The van der Waals surface area contributed by atoms with Crippen LogP contribution in [0.1, 0.15) is 47.0 Å². The number of hydrogen-bond donors (Lipinski definition) is 2. The van der Waals surface area contributed by atoms with Gasteiger partial charge in [0.1, 0.15) is 9.84 Å². The summed E-state index contributed by atoms with van der Waals surface area (Å²) in [5, 5.41) is 6.58. The van der Waals surface area contributed by atoms with Crippen molar-refractivity contribution in [2.24, 2.45) is 10.9 Å². The minimum absolute atomic E-state index is 0. The van der Waals surface area contributed by atoms with Gasteiger partial charge in [-0.25, -0.2) is 8.42 Å². The van der Waals surface area contributed by atoms with Crippen LogP contribution in [-0.4, -0.2) is 69.5 Å².